The number of hydrogen-bond acceptors (Lipinski definition) is 2. The van der Waals surface area contributed by atoms with Gasteiger partial charge in [0, 0.05) is 13.1 Å². The highest BCUT2D eigenvalue weighted by atomic mass is 16.2. The van der Waals surface area contributed by atoms with Crippen LogP contribution in [-0.4, -0.2) is 24.9 Å². The Morgan fingerprint density at radius 3 is 1.30 bits per heavy atom. The van der Waals surface area contributed by atoms with Crippen molar-refractivity contribution >= 4 is 11.8 Å². The number of carbonyl (C=O) groups excluding carboxylic acids is 2. The van der Waals surface area contributed by atoms with Gasteiger partial charge in [-0.15, -0.1) is 0 Å². The third kappa shape index (κ3) is 17.1. The summed E-state index contributed by atoms with van der Waals surface area (Å²) in [5, 5.41) is 5.66. The Balaban J connectivity index is 3.36. The lowest BCUT2D eigenvalue weighted by Gasteiger charge is -2.07. The molecule has 0 aliphatic rings. The molecular formula is C19H38N2O2. The maximum absolute atomic E-state index is 11.6. The van der Waals surface area contributed by atoms with Gasteiger partial charge in [-0.05, 0) is 12.8 Å². The molecule has 23 heavy (non-hydrogen) atoms. The summed E-state index contributed by atoms with van der Waals surface area (Å²) in [6.07, 6.45) is 14.4. The van der Waals surface area contributed by atoms with E-state index in [9.17, 15) is 9.59 Å². The Bertz CT molecular complexity index is 265. The van der Waals surface area contributed by atoms with E-state index in [1.807, 2.05) is 0 Å². The van der Waals surface area contributed by atoms with Gasteiger partial charge < -0.3 is 10.6 Å². The summed E-state index contributed by atoms with van der Waals surface area (Å²) in [4.78, 5) is 23.2. The highest BCUT2D eigenvalue weighted by molar-refractivity contribution is 5.96. The summed E-state index contributed by atoms with van der Waals surface area (Å²) in [7, 11) is 0. The second-order valence-corrected chi connectivity index (χ2v) is 6.41. The van der Waals surface area contributed by atoms with Crippen LogP contribution in [0.25, 0.3) is 0 Å². The molecule has 4 heteroatoms. The van der Waals surface area contributed by atoms with Gasteiger partial charge in [-0.2, -0.15) is 0 Å². The van der Waals surface area contributed by atoms with Gasteiger partial charge in [0.25, 0.3) is 0 Å². The van der Waals surface area contributed by atoms with Gasteiger partial charge in [-0.1, -0.05) is 78.1 Å². The number of rotatable bonds is 16. The Morgan fingerprint density at radius 2 is 0.913 bits per heavy atom. The maximum atomic E-state index is 11.6. The Hall–Kier alpha value is -1.06. The second kappa shape index (κ2) is 17.3. The van der Waals surface area contributed by atoms with Gasteiger partial charge in [-0.3, -0.25) is 9.59 Å². The predicted octanol–water partition coefficient (Wildman–Crippen LogP) is 4.33. The number of nitrogens with one attached hydrogen (secondary N) is 2. The van der Waals surface area contributed by atoms with Crippen LogP contribution in [0.4, 0.5) is 0 Å². The first-order valence-electron chi connectivity index (χ1n) is 9.74. The van der Waals surface area contributed by atoms with E-state index in [0.29, 0.717) is 13.1 Å². The maximum Gasteiger partial charge on any atom is 0.229 e. The van der Waals surface area contributed by atoms with Crippen molar-refractivity contribution < 1.29 is 9.59 Å². The summed E-state index contributed by atoms with van der Waals surface area (Å²) in [6.45, 7) is 5.79. The van der Waals surface area contributed by atoms with Crippen molar-refractivity contribution in [3.63, 3.8) is 0 Å². The van der Waals surface area contributed by atoms with Crippen molar-refractivity contribution in [1.82, 2.24) is 10.6 Å². The zero-order valence-electron chi connectivity index (χ0n) is 15.4. The average Bonchev–Trinajstić information content (AvgIpc) is 2.53. The van der Waals surface area contributed by atoms with Crippen LogP contribution in [0.3, 0.4) is 0 Å². The topological polar surface area (TPSA) is 58.2 Å². The Labute approximate surface area is 143 Å². The third-order valence-electron chi connectivity index (χ3n) is 4.03. The molecule has 0 atom stereocenters. The van der Waals surface area contributed by atoms with Crippen LogP contribution in [0.5, 0.6) is 0 Å². The summed E-state index contributed by atoms with van der Waals surface area (Å²) in [5.74, 6) is -0.307. The standard InChI is InChI=1S/C19H38N2O2/c1-3-5-7-9-11-13-15-20-18(22)17-19(23)21-16-14-12-10-8-6-4-2/h3-17H2,1-2H3,(H,20,22)(H,21,23). The molecule has 0 aromatic heterocycles. The first kappa shape index (κ1) is 21.9. The fourth-order valence-corrected chi connectivity index (χ4v) is 2.54. The molecule has 0 aromatic carbocycles. The van der Waals surface area contributed by atoms with Crippen LogP contribution in [0.1, 0.15) is 97.3 Å². The minimum Gasteiger partial charge on any atom is -0.356 e. The van der Waals surface area contributed by atoms with Crippen molar-refractivity contribution in [3.8, 4) is 0 Å². The molecule has 0 spiro atoms. The van der Waals surface area contributed by atoms with Gasteiger partial charge in [0.2, 0.25) is 11.8 Å². The molecule has 2 amide bonds. The second-order valence-electron chi connectivity index (χ2n) is 6.41. The lowest BCUT2D eigenvalue weighted by atomic mass is 10.1. The van der Waals surface area contributed by atoms with Crippen molar-refractivity contribution in [2.24, 2.45) is 0 Å². The fourth-order valence-electron chi connectivity index (χ4n) is 2.54. The van der Waals surface area contributed by atoms with Gasteiger partial charge >= 0.3 is 0 Å². The average molecular weight is 327 g/mol. The predicted molar refractivity (Wildman–Crippen MR) is 97.4 cm³/mol. The van der Waals surface area contributed by atoms with Crippen molar-refractivity contribution in [3.05, 3.63) is 0 Å². The van der Waals surface area contributed by atoms with Gasteiger partial charge in [0.05, 0.1) is 0 Å². The molecule has 0 saturated carbocycles. The third-order valence-corrected chi connectivity index (χ3v) is 4.03. The van der Waals surface area contributed by atoms with Crippen molar-refractivity contribution in [2.45, 2.75) is 97.3 Å². The molecule has 0 fully saturated rings. The van der Waals surface area contributed by atoms with Crippen LogP contribution in [0, 0.1) is 0 Å². The normalized spacial score (nSPS) is 10.5. The lowest BCUT2D eigenvalue weighted by Crippen LogP contribution is -2.32. The number of unbranched alkanes of at least 4 members (excludes halogenated alkanes) is 10. The molecule has 0 bridgehead atoms. The smallest absolute Gasteiger partial charge is 0.229 e. The fraction of sp³-hybridized carbons (Fsp3) is 0.895. The monoisotopic (exact) mass is 326 g/mol. The summed E-state index contributed by atoms with van der Waals surface area (Å²) in [5.41, 5.74) is 0. The Kier molecular flexibility index (Phi) is 16.5. The van der Waals surface area contributed by atoms with E-state index in [-0.39, 0.29) is 18.2 Å². The van der Waals surface area contributed by atoms with Crippen LogP contribution >= 0.6 is 0 Å². The van der Waals surface area contributed by atoms with Crippen LogP contribution in [0.2, 0.25) is 0 Å². The van der Waals surface area contributed by atoms with Gasteiger partial charge in [0.15, 0.2) is 0 Å². The first-order valence-corrected chi connectivity index (χ1v) is 9.74. The van der Waals surface area contributed by atoms with E-state index >= 15 is 0 Å². The molecule has 2 N–H and O–H groups in total. The molecule has 0 radical (unpaired) electrons. The van der Waals surface area contributed by atoms with E-state index in [4.69, 9.17) is 0 Å². The summed E-state index contributed by atoms with van der Waals surface area (Å²) in [6, 6.07) is 0. The van der Waals surface area contributed by atoms with Crippen LogP contribution in [0.15, 0.2) is 0 Å². The van der Waals surface area contributed by atoms with E-state index in [2.05, 4.69) is 24.5 Å². The number of hydrogen-bond donors (Lipinski definition) is 2. The minimum atomic E-state index is -0.154. The molecule has 0 heterocycles. The highest BCUT2D eigenvalue weighted by Crippen LogP contribution is 2.05. The Morgan fingerprint density at radius 1 is 0.565 bits per heavy atom. The van der Waals surface area contributed by atoms with Gasteiger partial charge in [-0.25, -0.2) is 0 Å². The molecule has 4 nitrogen and oxygen atoms in total. The van der Waals surface area contributed by atoms with Gasteiger partial charge in [0.1, 0.15) is 6.42 Å². The quantitative estimate of drug-likeness (QED) is 0.327. The molecule has 0 aromatic rings. The molecule has 0 unspecified atom stereocenters. The van der Waals surface area contributed by atoms with E-state index in [1.165, 1.54) is 51.4 Å². The van der Waals surface area contributed by atoms with Crippen LogP contribution in [-0.2, 0) is 9.59 Å². The highest BCUT2D eigenvalue weighted by Gasteiger charge is 2.07. The van der Waals surface area contributed by atoms with E-state index in [0.717, 1.165) is 25.7 Å². The molecule has 0 aliphatic carbocycles. The summed E-state index contributed by atoms with van der Waals surface area (Å²) < 4.78 is 0. The van der Waals surface area contributed by atoms with E-state index in [1.54, 1.807) is 0 Å². The number of amides is 2. The first-order chi connectivity index (χ1) is 11.2. The molecule has 0 rings (SSSR count). The van der Waals surface area contributed by atoms with Crippen LogP contribution < -0.4 is 10.6 Å². The molecular weight excluding hydrogens is 288 g/mol. The van der Waals surface area contributed by atoms with Crippen molar-refractivity contribution in [1.29, 1.82) is 0 Å². The molecule has 136 valence electrons. The van der Waals surface area contributed by atoms with E-state index < -0.39 is 0 Å². The lowest BCUT2D eigenvalue weighted by molar-refractivity contribution is -0.129. The largest absolute Gasteiger partial charge is 0.356 e. The summed E-state index contributed by atoms with van der Waals surface area (Å²) >= 11 is 0. The SMILES string of the molecule is CCCCCCCCNC(=O)CC(=O)NCCCCCCCC. The zero-order valence-corrected chi connectivity index (χ0v) is 15.4. The number of carbonyl (C=O) groups is 2. The molecule has 0 saturated heterocycles. The zero-order chi connectivity index (χ0) is 17.2. The molecule has 0 aliphatic heterocycles. The minimum absolute atomic E-state index is 0.0360. The van der Waals surface area contributed by atoms with Crippen molar-refractivity contribution in [2.75, 3.05) is 13.1 Å².